The Kier molecular flexibility index (Phi) is 5.31. The molecule has 7 nitrogen and oxygen atoms in total. The van der Waals surface area contributed by atoms with Crippen molar-refractivity contribution in [2.45, 2.75) is 50.0 Å². The first kappa shape index (κ1) is 18.4. The molecule has 0 aliphatic heterocycles. The molecule has 2 aromatic heterocycles. The Bertz CT molecular complexity index is 852. The molecule has 0 N–H and O–H groups in total. The lowest BCUT2D eigenvalue weighted by Crippen LogP contribution is -2.13. The van der Waals surface area contributed by atoms with Crippen molar-refractivity contribution in [1.82, 2.24) is 20.3 Å². The van der Waals surface area contributed by atoms with Crippen LogP contribution < -0.4 is 4.74 Å². The predicted octanol–water partition coefficient (Wildman–Crippen LogP) is 4.20. The Morgan fingerprint density at radius 2 is 1.88 bits per heavy atom. The smallest absolute Gasteiger partial charge is 0.277 e. The van der Waals surface area contributed by atoms with Crippen LogP contribution in [0, 0.1) is 0 Å². The summed E-state index contributed by atoms with van der Waals surface area (Å²) in [6.07, 6.45) is 0.570. The van der Waals surface area contributed by atoms with Crippen LogP contribution in [0.1, 0.15) is 56.1 Å². The first-order valence-corrected chi connectivity index (χ1v) is 9.19. The lowest BCUT2D eigenvalue weighted by Gasteiger charge is -2.11. The van der Waals surface area contributed by atoms with Gasteiger partial charge < -0.3 is 13.7 Å². The molecule has 26 heavy (non-hydrogen) atoms. The van der Waals surface area contributed by atoms with Crippen LogP contribution in [0.25, 0.3) is 0 Å². The van der Waals surface area contributed by atoms with Gasteiger partial charge >= 0.3 is 0 Å². The van der Waals surface area contributed by atoms with E-state index in [0.717, 1.165) is 11.3 Å². The second-order valence-electron chi connectivity index (χ2n) is 6.95. The fraction of sp³-hybridized carbons (Fsp3) is 0.444. The number of rotatable bonds is 6. The van der Waals surface area contributed by atoms with E-state index >= 15 is 0 Å². The number of hydrogen-bond acceptors (Lipinski definition) is 8. The zero-order valence-corrected chi connectivity index (χ0v) is 16.3. The number of benzene rings is 1. The van der Waals surface area contributed by atoms with Gasteiger partial charge in [-0.15, -0.1) is 10.2 Å². The van der Waals surface area contributed by atoms with Gasteiger partial charge in [0.1, 0.15) is 5.75 Å². The maximum Gasteiger partial charge on any atom is 0.277 e. The van der Waals surface area contributed by atoms with Gasteiger partial charge in [0.25, 0.3) is 5.22 Å². The van der Waals surface area contributed by atoms with Gasteiger partial charge in [-0.05, 0) is 24.6 Å². The summed E-state index contributed by atoms with van der Waals surface area (Å²) in [7, 11) is 1.64. The monoisotopic (exact) mass is 374 g/mol. The summed E-state index contributed by atoms with van der Waals surface area (Å²) >= 11 is 1.40. The highest BCUT2D eigenvalue weighted by Gasteiger charge is 2.24. The Hall–Kier alpha value is -2.35. The molecule has 0 amide bonds. The number of hydrogen-bond donors (Lipinski definition) is 0. The van der Waals surface area contributed by atoms with Crippen molar-refractivity contribution in [3.05, 3.63) is 47.4 Å². The molecule has 1 atom stereocenters. The van der Waals surface area contributed by atoms with Crippen molar-refractivity contribution in [3.8, 4) is 5.75 Å². The maximum atomic E-state index is 5.73. The minimum atomic E-state index is -0.151. The zero-order valence-electron chi connectivity index (χ0n) is 15.5. The molecule has 0 fully saturated rings. The lowest BCUT2D eigenvalue weighted by atomic mass is 9.96. The molecule has 0 saturated heterocycles. The average molecular weight is 374 g/mol. The van der Waals surface area contributed by atoms with E-state index < -0.39 is 0 Å². The third-order valence-corrected chi connectivity index (χ3v) is 4.62. The van der Waals surface area contributed by atoms with E-state index in [0.29, 0.717) is 29.2 Å². The summed E-state index contributed by atoms with van der Waals surface area (Å²) in [5, 5.41) is 12.7. The highest BCUT2D eigenvalue weighted by Crippen LogP contribution is 2.34. The summed E-state index contributed by atoms with van der Waals surface area (Å²) in [4.78, 5) is 4.47. The molecule has 0 unspecified atom stereocenters. The zero-order chi connectivity index (χ0) is 18.7. The van der Waals surface area contributed by atoms with Gasteiger partial charge in [-0.25, -0.2) is 0 Å². The van der Waals surface area contributed by atoms with Crippen molar-refractivity contribution in [2.75, 3.05) is 7.11 Å². The fourth-order valence-corrected chi connectivity index (χ4v) is 2.91. The first-order chi connectivity index (χ1) is 12.3. The molecule has 3 aromatic rings. The van der Waals surface area contributed by atoms with Crippen LogP contribution in [-0.2, 0) is 11.8 Å². The molecule has 0 aliphatic rings. The van der Waals surface area contributed by atoms with Gasteiger partial charge in [0.15, 0.2) is 5.82 Å². The number of nitrogens with zero attached hydrogens (tertiary/aromatic N) is 4. The van der Waals surface area contributed by atoms with Gasteiger partial charge in [-0.3, -0.25) is 0 Å². The van der Waals surface area contributed by atoms with Gasteiger partial charge in [0, 0.05) is 5.41 Å². The molecule has 2 heterocycles. The van der Waals surface area contributed by atoms with Crippen LogP contribution in [-0.4, -0.2) is 27.4 Å². The van der Waals surface area contributed by atoms with E-state index in [4.69, 9.17) is 13.7 Å². The van der Waals surface area contributed by atoms with E-state index in [1.54, 1.807) is 7.11 Å². The normalized spacial score (nSPS) is 13.0. The summed E-state index contributed by atoms with van der Waals surface area (Å²) in [5.41, 5.74) is 0.924. The van der Waals surface area contributed by atoms with Crippen LogP contribution >= 0.6 is 11.8 Å². The molecule has 8 heteroatoms. The number of aromatic nitrogens is 4. The average Bonchev–Trinajstić information content (AvgIpc) is 3.25. The summed E-state index contributed by atoms with van der Waals surface area (Å²) in [6, 6.07) is 7.77. The lowest BCUT2D eigenvalue weighted by molar-refractivity contribution is 0.363. The van der Waals surface area contributed by atoms with Gasteiger partial charge in [0.2, 0.25) is 11.8 Å². The molecule has 0 spiro atoms. The second kappa shape index (κ2) is 7.49. The van der Waals surface area contributed by atoms with Gasteiger partial charge in [0.05, 0.1) is 18.8 Å². The fourth-order valence-electron chi connectivity index (χ4n) is 2.18. The molecular weight excluding hydrogens is 352 g/mol. The van der Waals surface area contributed by atoms with E-state index in [2.05, 4.69) is 20.3 Å². The Balaban J connectivity index is 1.63. The van der Waals surface area contributed by atoms with Gasteiger partial charge in [-0.2, -0.15) is 4.98 Å². The van der Waals surface area contributed by atoms with Crippen molar-refractivity contribution in [2.24, 2.45) is 0 Å². The van der Waals surface area contributed by atoms with Crippen molar-refractivity contribution in [1.29, 1.82) is 0 Å². The number of thioether (sulfide) groups is 1. The summed E-state index contributed by atoms with van der Waals surface area (Å²) < 4.78 is 16.3. The molecule has 3 rings (SSSR count). The van der Waals surface area contributed by atoms with Crippen molar-refractivity contribution < 1.29 is 13.7 Å². The Morgan fingerprint density at radius 1 is 1.15 bits per heavy atom. The van der Waals surface area contributed by atoms with E-state index in [9.17, 15) is 0 Å². The standard InChI is InChI=1S/C18H22N4O3S/c1-11(15-19-16(22-25-15)18(2,3)4)26-17-21-20-14(24-17)10-12-6-8-13(23-5)9-7-12/h6-9,11H,10H2,1-5H3/t11-/m1/s1. The van der Waals surface area contributed by atoms with Crippen LogP contribution in [0.2, 0.25) is 0 Å². The van der Waals surface area contributed by atoms with Crippen LogP contribution in [0.4, 0.5) is 0 Å². The van der Waals surface area contributed by atoms with Crippen molar-refractivity contribution in [3.63, 3.8) is 0 Å². The SMILES string of the molecule is COc1ccc(Cc2nnc(S[C@H](C)c3nc(C(C)(C)C)no3)o2)cc1. The topological polar surface area (TPSA) is 87.1 Å². The Labute approximate surface area is 156 Å². The number of methoxy groups -OCH3 is 1. The van der Waals surface area contributed by atoms with Crippen LogP contribution in [0.5, 0.6) is 5.75 Å². The third kappa shape index (κ3) is 4.43. The quantitative estimate of drug-likeness (QED) is 0.593. The highest BCUT2D eigenvalue weighted by molar-refractivity contribution is 7.99. The van der Waals surface area contributed by atoms with Crippen LogP contribution in [0.3, 0.4) is 0 Å². The second-order valence-corrected chi connectivity index (χ2v) is 8.24. The molecule has 0 saturated carbocycles. The molecule has 138 valence electrons. The predicted molar refractivity (Wildman–Crippen MR) is 97.4 cm³/mol. The molecular formula is C18H22N4O3S. The Morgan fingerprint density at radius 3 is 2.50 bits per heavy atom. The van der Waals surface area contributed by atoms with Gasteiger partial charge in [-0.1, -0.05) is 49.8 Å². The minimum absolute atomic E-state index is 0.0760. The maximum absolute atomic E-state index is 5.73. The largest absolute Gasteiger partial charge is 0.497 e. The summed E-state index contributed by atoms with van der Waals surface area (Å²) in [6.45, 7) is 8.10. The van der Waals surface area contributed by atoms with E-state index in [1.807, 2.05) is 52.0 Å². The minimum Gasteiger partial charge on any atom is -0.497 e. The summed E-state index contributed by atoms with van der Waals surface area (Å²) in [5.74, 6) is 2.62. The van der Waals surface area contributed by atoms with Crippen molar-refractivity contribution >= 4 is 11.8 Å². The van der Waals surface area contributed by atoms with Crippen LogP contribution in [0.15, 0.2) is 38.4 Å². The number of ether oxygens (including phenoxy) is 1. The molecule has 0 aliphatic carbocycles. The molecule has 1 aromatic carbocycles. The molecule has 0 bridgehead atoms. The molecule has 0 radical (unpaired) electrons. The third-order valence-electron chi connectivity index (χ3n) is 3.70. The van der Waals surface area contributed by atoms with E-state index in [1.165, 1.54) is 11.8 Å². The highest BCUT2D eigenvalue weighted by atomic mass is 32.2. The van der Waals surface area contributed by atoms with E-state index in [-0.39, 0.29) is 10.7 Å². The first-order valence-electron chi connectivity index (χ1n) is 8.31.